The van der Waals surface area contributed by atoms with Gasteiger partial charge >= 0.3 is 0 Å². The van der Waals surface area contributed by atoms with Gasteiger partial charge in [0.15, 0.2) is 0 Å². The molecule has 5 heteroatoms. The lowest BCUT2D eigenvalue weighted by Crippen LogP contribution is -2.08. The van der Waals surface area contributed by atoms with Crippen LogP contribution in [0.15, 0.2) is 48.5 Å². The summed E-state index contributed by atoms with van der Waals surface area (Å²) in [5.74, 6) is 1.07. The lowest BCUT2D eigenvalue weighted by Gasteiger charge is -2.07. The SMILES string of the molecule is COc1cccc(/C=C/C(=O)Nc2ccc(OC)c(N)c2)c1. The standard InChI is InChI=1S/C17H18N2O3/c1-21-14-5-3-4-12(10-14)6-9-17(20)19-13-7-8-16(22-2)15(18)11-13/h3-11H,18H2,1-2H3,(H,19,20)/b9-6+. The number of anilines is 2. The molecule has 3 N–H and O–H groups in total. The van der Waals surface area contributed by atoms with Gasteiger partial charge in [-0.1, -0.05) is 12.1 Å². The molecule has 0 saturated heterocycles. The number of amides is 1. The molecule has 0 atom stereocenters. The van der Waals surface area contributed by atoms with Crippen molar-refractivity contribution in [1.82, 2.24) is 0 Å². The van der Waals surface area contributed by atoms with Crippen LogP contribution in [0.3, 0.4) is 0 Å². The van der Waals surface area contributed by atoms with E-state index in [1.807, 2.05) is 24.3 Å². The van der Waals surface area contributed by atoms with Gasteiger partial charge in [0.1, 0.15) is 11.5 Å². The fraction of sp³-hybridized carbons (Fsp3) is 0.118. The quantitative estimate of drug-likeness (QED) is 0.657. The molecule has 0 radical (unpaired) electrons. The monoisotopic (exact) mass is 298 g/mol. The molecular weight excluding hydrogens is 280 g/mol. The Morgan fingerprint density at radius 1 is 1.14 bits per heavy atom. The maximum absolute atomic E-state index is 11.9. The van der Waals surface area contributed by atoms with Crippen molar-refractivity contribution in [3.05, 3.63) is 54.1 Å². The molecule has 0 aliphatic carbocycles. The largest absolute Gasteiger partial charge is 0.497 e. The van der Waals surface area contributed by atoms with E-state index in [2.05, 4.69) is 5.32 Å². The Kier molecular flexibility index (Phi) is 5.03. The van der Waals surface area contributed by atoms with Crippen LogP contribution in [0.2, 0.25) is 0 Å². The van der Waals surface area contributed by atoms with Crippen LogP contribution in [0.25, 0.3) is 6.08 Å². The minimum Gasteiger partial charge on any atom is -0.497 e. The summed E-state index contributed by atoms with van der Waals surface area (Å²) >= 11 is 0. The second-order valence-corrected chi connectivity index (χ2v) is 4.56. The van der Waals surface area contributed by atoms with Gasteiger partial charge in [-0.05, 0) is 42.0 Å². The first-order valence-corrected chi connectivity index (χ1v) is 6.69. The molecule has 1 amide bonds. The van der Waals surface area contributed by atoms with Crippen molar-refractivity contribution in [2.45, 2.75) is 0 Å². The second kappa shape index (κ2) is 7.17. The molecule has 0 aliphatic rings. The van der Waals surface area contributed by atoms with Gasteiger partial charge in [0.05, 0.1) is 19.9 Å². The van der Waals surface area contributed by atoms with Gasteiger partial charge < -0.3 is 20.5 Å². The minimum absolute atomic E-state index is 0.243. The summed E-state index contributed by atoms with van der Waals surface area (Å²) in [5.41, 5.74) is 7.75. The molecule has 114 valence electrons. The Labute approximate surface area is 129 Å². The van der Waals surface area contributed by atoms with Crippen molar-refractivity contribution in [3.8, 4) is 11.5 Å². The Bertz CT molecular complexity index is 696. The summed E-state index contributed by atoms with van der Waals surface area (Å²) in [6.45, 7) is 0. The van der Waals surface area contributed by atoms with Gasteiger partial charge in [0.2, 0.25) is 5.91 Å². The predicted molar refractivity (Wildman–Crippen MR) is 88.1 cm³/mol. The third kappa shape index (κ3) is 4.02. The molecule has 2 aromatic rings. The van der Waals surface area contributed by atoms with E-state index < -0.39 is 0 Å². The minimum atomic E-state index is -0.243. The van der Waals surface area contributed by atoms with Crippen molar-refractivity contribution in [2.24, 2.45) is 0 Å². The lowest BCUT2D eigenvalue weighted by atomic mass is 10.2. The number of nitrogens with two attached hydrogens (primary N) is 1. The zero-order valence-corrected chi connectivity index (χ0v) is 12.5. The number of benzene rings is 2. The molecule has 0 fully saturated rings. The Morgan fingerprint density at radius 3 is 2.64 bits per heavy atom. The number of carbonyl (C=O) groups excluding carboxylic acids is 1. The number of methoxy groups -OCH3 is 2. The molecule has 22 heavy (non-hydrogen) atoms. The predicted octanol–water partition coefficient (Wildman–Crippen LogP) is 2.94. The van der Waals surface area contributed by atoms with Crippen molar-refractivity contribution < 1.29 is 14.3 Å². The van der Waals surface area contributed by atoms with Crippen LogP contribution in [0, 0.1) is 0 Å². The first-order chi connectivity index (χ1) is 10.6. The van der Waals surface area contributed by atoms with Crippen LogP contribution in [-0.2, 0) is 4.79 Å². The Morgan fingerprint density at radius 2 is 1.95 bits per heavy atom. The van der Waals surface area contributed by atoms with Crippen molar-refractivity contribution in [1.29, 1.82) is 0 Å². The van der Waals surface area contributed by atoms with Gasteiger partial charge in [-0.2, -0.15) is 0 Å². The normalized spacial score (nSPS) is 10.5. The molecule has 0 unspecified atom stereocenters. The van der Waals surface area contributed by atoms with Crippen LogP contribution in [0.5, 0.6) is 11.5 Å². The number of ether oxygens (including phenoxy) is 2. The number of carbonyl (C=O) groups is 1. The van der Waals surface area contributed by atoms with Crippen molar-refractivity contribution in [2.75, 3.05) is 25.3 Å². The van der Waals surface area contributed by atoms with E-state index in [9.17, 15) is 4.79 Å². The highest BCUT2D eigenvalue weighted by molar-refractivity contribution is 6.02. The number of nitrogens with one attached hydrogen (secondary N) is 1. The highest BCUT2D eigenvalue weighted by atomic mass is 16.5. The van der Waals surface area contributed by atoms with E-state index >= 15 is 0 Å². The fourth-order valence-corrected chi connectivity index (χ4v) is 1.91. The molecule has 0 heterocycles. The van der Waals surface area contributed by atoms with E-state index in [0.717, 1.165) is 11.3 Å². The maximum atomic E-state index is 11.9. The molecule has 2 rings (SSSR count). The summed E-state index contributed by atoms with van der Waals surface area (Å²) in [6.07, 6.45) is 3.17. The van der Waals surface area contributed by atoms with Gasteiger partial charge in [-0.15, -0.1) is 0 Å². The summed E-state index contributed by atoms with van der Waals surface area (Å²) < 4.78 is 10.2. The number of hydrogen-bond acceptors (Lipinski definition) is 4. The molecule has 5 nitrogen and oxygen atoms in total. The van der Waals surface area contributed by atoms with Crippen molar-refractivity contribution >= 4 is 23.4 Å². The lowest BCUT2D eigenvalue weighted by molar-refractivity contribution is -0.111. The number of hydrogen-bond donors (Lipinski definition) is 2. The smallest absolute Gasteiger partial charge is 0.248 e. The van der Waals surface area contributed by atoms with Gasteiger partial charge in [-0.3, -0.25) is 4.79 Å². The highest BCUT2D eigenvalue weighted by Gasteiger charge is 2.03. The van der Waals surface area contributed by atoms with Crippen LogP contribution < -0.4 is 20.5 Å². The molecule has 0 saturated carbocycles. The molecule has 0 spiro atoms. The third-order valence-corrected chi connectivity index (χ3v) is 3.02. The summed E-state index contributed by atoms with van der Waals surface area (Å²) in [4.78, 5) is 11.9. The van der Waals surface area contributed by atoms with Gasteiger partial charge in [0.25, 0.3) is 0 Å². The van der Waals surface area contributed by atoms with E-state index in [4.69, 9.17) is 15.2 Å². The summed E-state index contributed by atoms with van der Waals surface area (Å²) in [7, 11) is 3.14. The van der Waals surface area contributed by atoms with Gasteiger partial charge in [-0.25, -0.2) is 0 Å². The topological polar surface area (TPSA) is 73.6 Å². The van der Waals surface area contributed by atoms with E-state index in [1.54, 1.807) is 38.5 Å². The zero-order chi connectivity index (χ0) is 15.9. The molecule has 0 bridgehead atoms. The van der Waals surface area contributed by atoms with Crippen LogP contribution >= 0.6 is 0 Å². The van der Waals surface area contributed by atoms with E-state index in [1.165, 1.54) is 6.08 Å². The van der Waals surface area contributed by atoms with Crippen LogP contribution in [0.4, 0.5) is 11.4 Å². The first-order valence-electron chi connectivity index (χ1n) is 6.69. The molecule has 0 aliphatic heterocycles. The average molecular weight is 298 g/mol. The Balaban J connectivity index is 2.03. The van der Waals surface area contributed by atoms with Crippen molar-refractivity contribution in [3.63, 3.8) is 0 Å². The highest BCUT2D eigenvalue weighted by Crippen LogP contribution is 2.24. The maximum Gasteiger partial charge on any atom is 0.248 e. The number of rotatable bonds is 5. The second-order valence-electron chi connectivity index (χ2n) is 4.56. The summed E-state index contributed by atoms with van der Waals surface area (Å²) in [5, 5.41) is 2.74. The summed E-state index contributed by atoms with van der Waals surface area (Å²) in [6, 6.07) is 12.5. The number of nitrogen functional groups attached to an aromatic ring is 1. The van der Waals surface area contributed by atoms with Crippen LogP contribution in [0.1, 0.15) is 5.56 Å². The molecule has 2 aromatic carbocycles. The van der Waals surface area contributed by atoms with Gasteiger partial charge in [0, 0.05) is 11.8 Å². The fourth-order valence-electron chi connectivity index (χ4n) is 1.91. The average Bonchev–Trinajstić information content (AvgIpc) is 2.53. The first kappa shape index (κ1) is 15.4. The Hall–Kier alpha value is -2.95. The molecular formula is C17H18N2O3. The zero-order valence-electron chi connectivity index (χ0n) is 12.5. The molecule has 0 aromatic heterocycles. The van der Waals surface area contributed by atoms with E-state index in [-0.39, 0.29) is 5.91 Å². The van der Waals surface area contributed by atoms with Crippen LogP contribution in [-0.4, -0.2) is 20.1 Å². The van der Waals surface area contributed by atoms with E-state index in [0.29, 0.717) is 17.1 Å². The third-order valence-electron chi connectivity index (χ3n) is 3.02.